The summed E-state index contributed by atoms with van der Waals surface area (Å²) in [5.41, 5.74) is 6.04. The summed E-state index contributed by atoms with van der Waals surface area (Å²) < 4.78 is 0.888. The molecule has 2 amide bonds. The molecule has 6 heteroatoms. The van der Waals surface area contributed by atoms with E-state index in [4.69, 9.17) is 0 Å². The number of carbonyl (C=O) groups excluding carboxylic acids is 2. The Morgan fingerprint density at radius 1 is 1.03 bits per heavy atom. The largest absolute Gasteiger partial charge is 0.324 e. The zero-order valence-electron chi connectivity index (χ0n) is 16.5. The van der Waals surface area contributed by atoms with E-state index in [-0.39, 0.29) is 24.4 Å². The first kappa shape index (κ1) is 19.9. The van der Waals surface area contributed by atoms with Gasteiger partial charge in [0.2, 0.25) is 5.91 Å². The number of hydrogen-bond donors (Lipinski definition) is 1. The Hall–Kier alpha value is -2.44. The van der Waals surface area contributed by atoms with E-state index in [1.54, 1.807) is 11.0 Å². The van der Waals surface area contributed by atoms with E-state index in [9.17, 15) is 9.59 Å². The summed E-state index contributed by atoms with van der Waals surface area (Å²) in [6, 6.07) is 15.6. The van der Waals surface area contributed by atoms with Crippen LogP contribution in [0.1, 0.15) is 43.5 Å². The first-order valence-corrected chi connectivity index (χ1v) is 11.0. The second-order valence-electron chi connectivity index (χ2n) is 7.50. The fourth-order valence-electron chi connectivity index (χ4n) is 3.91. The third-order valence-electron chi connectivity index (χ3n) is 5.01. The summed E-state index contributed by atoms with van der Waals surface area (Å²) in [6.07, 6.45) is 0. The number of benzene rings is 2. The number of rotatable bonds is 2. The molecule has 0 fully saturated rings. The van der Waals surface area contributed by atoms with Gasteiger partial charge in [0.05, 0.1) is 14.7 Å². The first-order valence-electron chi connectivity index (χ1n) is 9.37. The molecule has 0 saturated heterocycles. The number of amides is 2. The van der Waals surface area contributed by atoms with E-state index in [1.807, 2.05) is 25.1 Å². The van der Waals surface area contributed by atoms with Crippen LogP contribution in [0.2, 0.25) is 0 Å². The molecule has 1 aliphatic heterocycles. The van der Waals surface area contributed by atoms with Crippen molar-refractivity contribution < 1.29 is 9.59 Å². The van der Waals surface area contributed by atoms with Crippen molar-refractivity contribution in [3.63, 3.8) is 0 Å². The van der Waals surface area contributed by atoms with Crippen molar-refractivity contribution in [2.75, 3.05) is 11.9 Å². The molecule has 1 atom stereocenters. The highest BCUT2D eigenvalue weighted by Gasteiger charge is 2.34. The van der Waals surface area contributed by atoms with E-state index in [2.05, 4.69) is 59.4 Å². The molecule has 0 saturated carbocycles. The van der Waals surface area contributed by atoms with Gasteiger partial charge in [-0.1, -0.05) is 47.0 Å². The number of aryl methyl sites for hydroxylation is 3. The summed E-state index contributed by atoms with van der Waals surface area (Å²) in [5, 5.41) is 2.98. The number of halogens is 1. The van der Waals surface area contributed by atoms with E-state index in [0.717, 1.165) is 37.3 Å². The van der Waals surface area contributed by atoms with Crippen LogP contribution in [0.15, 0.2) is 52.3 Å². The fourth-order valence-corrected chi connectivity index (χ4v) is 5.26. The topological polar surface area (TPSA) is 49.4 Å². The van der Waals surface area contributed by atoms with Gasteiger partial charge in [-0.05, 0) is 60.5 Å². The van der Waals surface area contributed by atoms with Gasteiger partial charge in [-0.3, -0.25) is 9.59 Å². The molecule has 0 bridgehead atoms. The van der Waals surface area contributed by atoms with Crippen molar-refractivity contribution >= 4 is 44.8 Å². The first-order chi connectivity index (χ1) is 13.8. The molecule has 0 spiro atoms. The third kappa shape index (κ3) is 4.00. The summed E-state index contributed by atoms with van der Waals surface area (Å²) in [4.78, 5) is 28.5. The van der Waals surface area contributed by atoms with Crippen LogP contribution in [-0.4, -0.2) is 23.3 Å². The van der Waals surface area contributed by atoms with Crippen molar-refractivity contribution in [3.8, 4) is 0 Å². The highest BCUT2D eigenvalue weighted by Crippen LogP contribution is 2.38. The van der Waals surface area contributed by atoms with E-state index in [0.29, 0.717) is 4.88 Å². The Morgan fingerprint density at radius 3 is 2.41 bits per heavy atom. The molecule has 29 heavy (non-hydrogen) atoms. The molecule has 1 aromatic heterocycles. The zero-order chi connectivity index (χ0) is 20.7. The SMILES string of the molecule is Cc1cc(C)cc(C2c3cc(C)ccc3NC(=O)CN2C(=O)c2ccc(Br)s2)c1. The van der Waals surface area contributed by atoms with Crippen LogP contribution in [0, 0.1) is 20.8 Å². The van der Waals surface area contributed by atoms with Crippen molar-refractivity contribution in [1.82, 2.24) is 4.90 Å². The lowest BCUT2D eigenvalue weighted by atomic mass is 9.92. The number of hydrogen-bond acceptors (Lipinski definition) is 3. The zero-order valence-corrected chi connectivity index (χ0v) is 18.9. The Bertz CT molecular complexity index is 1100. The molecule has 2 heterocycles. The minimum Gasteiger partial charge on any atom is -0.324 e. The molecule has 0 aliphatic carbocycles. The van der Waals surface area contributed by atoms with E-state index >= 15 is 0 Å². The van der Waals surface area contributed by atoms with Crippen LogP contribution in [0.4, 0.5) is 5.69 Å². The monoisotopic (exact) mass is 468 g/mol. The second-order valence-corrected chi connectivity index (χ2v) is 9.96. The average molecular weight is 469 g/mol. The maximum absolute atomic E-state index is 13.5. The Balaban J connectivity index is 1.93. The average Bonchev–Trinajstić information content (AvgIpc) is 3.02. The predicted molar refractivity (Wildman–Crippen MR) is 121 cm³/mol. The van der Waals surface area contributed by atoms with Crippen molar-refractivity contribution in [3.05, 3.63) is 85.0 Å². The number of thiophene rings is 1. The maximum Gasteiger partial charge on any atom is 0.265 e. The minimum absolute atomic E-state index is 0.000262. The van der Waals surface area contributed by atoms with Gasteiger partial charge in [0.25, 0.3) is 5.91 Å². The lowest BCUT2D eigenvalue weighted by Crippen LogP contribution is -2.38. The van der Waals surface area contributed by atoms with Gasteiger partial charge < -0.3 is 10.2 Å². The maximum atomic E-state index is 13.5. The molecule has 2 aromatic carbocycles. The van der Waals surface area contributed by atoms with Gasteiger partial charge in [-0.15, -0.1) is 11.3 Å². The molecular formula is C23H21BrN2O2S. The standard InChI is InChI=1S/C23H21BrN2O2S/c1-13-4-5-18-17(11-13)22(16-9-14(2)8-15(3)10-16)26(12-21(27)25-18)23(28)19-6-7-20(24)29-19/h4-11,22H,12H2,1-3H3,(H,25,27). The van der Waals surface area contributed by atoms with Gasteiger partial charge in [-0.25, -0.2) is 0 Å². The van der Waals surface area contributed by atoms with Gasteiger partial charge in [-0.2, -0.15) is 0 Å². The molecule has 1 aliphatic rings. The smallest absolute Gasteiger partial charge is 0.265 e. The molecule has 4 rings (SSSR count). The highest BCUT2D eigenvalue weighted by atomic mass is 79.9. The van der Waals surface area contributed by atoms with Crippen LogP contribution in [0.25, 0.3) is 0 Å². The van der Waals surface area contributed by atoms with Gasteiger partial charge in [0.1, 0.15) is 6.54 Å². The highest BCUT2D eigenvalue weighted by molar-refractivity contribution is 9.11. The van der Waals surface area contributed by atoms with Crippen LogP contribution in [0.3, 0.4) is 0 Å². The van der Waals surface area contributed by atoms with Crippen molar-refractivity contribution in [2.24, 2.45) is 0 Å². The van der Waals surface area contributed by atoms with Crippen molar-refractivity contribution in [2.45, 2.75) is 26.8 Å². The Morgan fingerprint density at radius 2 is 1.76 bits per heavy atom. The molecule has 1 N–H and O–H groups in total. The minimum atomic E-state index is -0.351. The number of nitrogens with zero attached hydrogens (tertiary/aromatic N) is 1. The van der Waals surface area contributed by atoms with Crippen LogP contribution >= 0.6 is 27.3 Å². The quantitative estimate of drug-likeness (QED) is 0.530. The van der Waals surface area contributed by atoms with Crippen LogP contribution in [0.5, 0.6) is 0 Å². The third-order valence-corrected chi connectivity index (χ3v) is 6.62. The molecule has 1 unspecified atom stereocenters. The number of nitrogens with one attached hydrogen (secondary N) is 1. The number of carbonyl (C=O) groups is 2. The van der Waals surface area contributed by atoms with E-state index in [1.165, 1.54) is 11.3 Å². The molecule has 3 aromatic rings. The molecular weight excluding hydrogens is 448 g/mol. The lowest BCUT2D eigenvalue weighted by molar-refractivity contribution is -0.117. The normalized spacial score (nSPS) is 16.2. The number of anilines is 1. The van der Waals surface area contributed by atoms with Gasteiger partial charge >= 0.3 is 0 Å². The summed E-state index contributed by atoms with van der Waals surface area (Å²) in [6.45, 7) is 6.13. The summed E-state index contributed by atoms with van der Waals surface area (Å²) in [5.74, 6) is -0.333. The Kier molecular flexibility index (Phi) is 5.32. The van der Waals surface area contributed by atoms with Crippen LogP contribution < -0.4 is 5.32 Å². The summed E-state index contributed by atoms with van der Waals surface area (Å²) >= 11 is 4.81. The second kappa shape index (κ2) is 7.76. The van der Waals surface area contributed by atoms with Crippen LogP contribution in [-0.2, 0) is 4.79 Å². The van der Waals surface area contributed by atoms with E-state index < -0.39 is 0 Å². The predicted octanol–water partition coefficient (Wildman–Crippen LogP) is 5.62. The molecule has 148 valence electrons. The Labute approximate surface area is 182 Å². The number of fused-ring (bicyclic) bond motifs is 1. The summed E-state index contributed by atoms with van der Waals surface area (Å²) in [7, 11) is 0. The van der Waals surface area contributed by atoms with Crippen molar-refractivity contribution in [1.29, 1.82) is 0 Å². The van der Waals surface area contributed by atoms with Gasteiger partial charge in [0, 0.05) is 11.3 Å². The molecule has 0 radical (unpaired) electrons. The lowest BCUT2D eigenvalue weighted by Gasteiger charge is -2.31. The molecule has 4 nitrogen and oxygen atoms in total. The fraction of sp³-hybridized carbons (Fsp3) is 0.217. The van der Waals surface area contributed by atoms with Gasteiger partial charge in [0.15, 0.2) is 0 Å².